The fourth-order valence-electron chi connectivity index (χ4n) is 0.880. The van der Waals surface area contributed by atoms with E-state index in [1.807, 2.05) is 0 Å². The second kappa shape index (κ2) is 5.28. The Hall–Kier alpha value is -1.66. The maximum Gasteiger partial charge on any atom is 0.338 e. The summed E-state index contributed by atoms with van der Waals surface area (Å²) >= 11 is 5.65. The number of methoxy groups -OCH3 is 1. The number of halogens is 1. The number of rotatable bonds is 3. The molecule has 0 unspecified atom stereocenters. The first-order valence-electron chi connectivity index (χ1n) is 3.85. The van der Waals surface area contributed by atoms with Crippen LogP contribution in [0.25, 0.3) is 0 Å². The lowest BCUT2D eigenvalue weighted by Gasteiger charge is -2.00. The van der Waals surface area contributed by atoms with E-state index < -0.39 is 5.97 Å². The molecule has 2 N–H and O–H groups in total. The largest absolute Gasteiger partial charge is 0.465 e. The van der Waals surface area contributed by atoms with E-state index in [0.29, 0.717) is 0 Å². The van der Waals surface area contributed by atoms with Gasteiger partial charge < -0.3 is 4.74 Å². The molecule has 0 aliphatic rings. The van der Waals surface area contributed by atoms with Crippen molar-refractivity contribution in [1.29, 1.82) is 0 Å². The number of hydroxylamine groups is 1. The molecule has 0 aliphatic heterocycles. The maximum absolute atomic E-state index is 11.2. The van der Waals surface area contributed by atoms with Crippen LogP contribution in [0.4, 0.5) is 5.82 Å². The van der Waals surface area contributed by atoms with Gasteiger partial charge in [0.25, 0.3) is 0 Å². The number of hydrogen-bond donors (Lipinski definition) is 2. The van der Waals surface area contributed by atoms with Gasteiger partial charge in [0.2, 0.25) is 0 Å². The van der Waals surface area contributed by atoms with Crippen LogP contribution in [0.15, 0.2) is 17.1 Å². The molecule has 1 rings (SSSR count). The van der Waals surface area contributed by atoms with Gasteiger partial charge in [-0.05, 0) is 12.1 Å². The third-order valence-electron chi connectivity index (χ3n) is 1.46. The molecule has 6 nitrogen and oxygen atoms in total. The molecule has 0 fully saturated rings. The van der Waals surface area contributed by atoms with E-state index in [2.05, 4.69) is 14.7 Å². The third-order valence-corrected chi connectivity index (χ3v) is 1.65. The summed E-state index contributed by atoms with van der Waals surface area (Å²) in [7, 11) is 1.26. The summed E-state index contributed by atoms with van der Waals surface area (Å²) in [6, 6.07) is 2.74. The van der Waals surface area contributed by atoms with Gasteiger partial charge in [-0.15, -0.1) is 0 Å². The fraction of sp³-hybridized carbons (Fsp3) is 0.125. The predicted molar refractivity (Wildman–Crippen MR) is 53.7 cm³/mol. The third kappa shape index (κ3) is 3.19. The Bertz CT molecular complexity index is 395. The molecule has 0 atom stereocenters. The summed E-state index contributed by atoms with van der Waals surface area (Å²) in [4.78, 5) is 18.6. The molecule has 0 saturated carbocycles. The minimum atomic E-state index is -0.535. The standard InChI is InChI=1S/C8H8ClN3O3/c1-15-8(13)5-2-6(9)12-7(3-5)10-4-11-14/h2-4,14H,1H3,(H,10,11,12). The maximum atomic E-state index is 11.2. The zero-order valence-electron chi connectivity index (χ0n) is 7.77. The SMILES string of the molecule is COC(=O)c1cc(Cl)nc(N=CNO)c1. The number of nitrogens with zero attached hydrogens (tertiary/aromatic N) is 2. The Morgan fingerprint density at radius 3 is 3.07 bits per heavy atom. The minimum absolute atomic E-state index is 0.114. The molecule has 0 radical (unpaired) electrons. The normalized spacial score (nSPS) is 10.3. The molecule has 7 heteroatoms. The van der Waals surface area contributed by atoms with Gasteiger partial charge in [-0.1, -0.05) is 11.6 Å². The average Bonchev–Trinajstić information content (AvgIpc) is 2.24. The highest BCUT2D eigenvalue weighted by Crippen LogP contribution is 2.16. The van der Waals surface area contributed by atoms with Crippen LogP contribution in [0.1, 0.15) is 10.4 Å². The molecule has 0 amide bonds. The number of hydrogen-bond acceptors (Lipinski definition) is 5. The molecule has 0 saturated heterocycles. The fourth-order valence-corrected chi connectivity index (χ4v) is 1.08. The van der Waals surface area contributed by atoms with Crippen LogP contribution in [0.5, 0.6) is 0 Å². The minimum Gasteiger partial charge on any atom is -0.465 e. The summed E-state index contributed by atoms with van der Waals surface area (Å²) in [5.41, 5.74) is 1.95. The van der Waals surface area contributed by atoms with Crippen LogP contribution in [-0.4, -0.2) is 29.6 Å². The van der Waals surface area contributed by atoms with Crippen LogP contribution in [0.2, 0.25) is 5.15 Å². The van der Waals surface area contributed by atoms with Crippen LogP contribution in [0.3, 0.4) is 0 Å². The predicted octanol–water partition coefficient (Wildman–Crippen LogP) is 1.16. The first-order chi connectivity index (χ1) is 7.17. The van der Waals surface area contributed by atoms with Gasteiger partial charge in [-0.3, -0.25) is 10.7 Å². The summed E-state index contributed by atoms with van der Waals surface area (Å²) in [6.07, 6.45) is 1.000. The van der Waals surface area contributed by atoms with Gasteiger partial charge in [0, 0.05) is 0 Å². The zero-order chi connectivity index (χ0) is 11.3. The first-order valence-corrected chi connectivity index (χ1v) is 4.23. The van der Waals surface area contributed by atoms with E-state index in [-0.39, 0.29) is 16.5 Å². The Morgan fingerprint density at radius 1 is 1.73 bits per heavy atom. The summed E-state index contributed by atoms with van der Waals surface area (Å²) in [5, 5.41) is 8.38. The molecule has 0 aliphatic carbocycles. The average molecular weight is 230 g/mol. The molecule has 80 valence electrons. The van der Waals surface area contributed by atoms with Crippen molar-refractivity contribution in [2.75, 3.05) is 7.11 Å². The Balaban J connectivity index is 3.05. The Morgan fingerprint density at radius 2 is 2.47 bits per heavy atom. The molecule has 0 aromatic carbocycles. The number of ether oxygens (including phenoxy) is 1. The summed E-state index contributed by atoms with van der Waals surface area (Å²) in [5.74, 6) is -0.350. The molecule has 1 heterocycles. The highest BCUT2D eigenvalue weighted by molar-refractivity contribution is 6.29. The summed E-state index contributed by atoms with van der Waals surface area (Å²) < 4.78 is 4.51. The van der Waals surface area contributed by atoms with E-state index in [1.54, 1.807) is 5.48 Å². The number of pyridine rings is 1. The van der Waals surface area contributed by atoms with E-state index in [1.165, 1.54) is 19.2 Å². The van der Waals surface area contributed by atoms with E-state index in [9.17, 15) is 4.79 Å². The highest BCUT2D eigenvalue weighted by Gasteiger charge is 2.08. The van der Waals surface area contributed by atoms with Crippen molar-refractivity contribution in [2.45, 2.75) is 0 Å². The van der Waals surface area contributed by atoms with Crippen molar-refractivity contribution >= 4 is 29.7 Å². The van der Waals surface area contributed by atoms with E-state index in [0.717, 1.165) is 6.34 Å². The van der Waals surface area contributed by atoms with Gasteiger partial charge in [0.1, 0.15) is 11.5 Å². The molecular weight excluding hydrogens is 222 g/mol. The van der Waals surface area contributed by atoms with Crippen molar-refractivity contribution in [3.8, 4) is 0 Å². The number of nitrogens with one attached hydrogen (secondary N) is 1. The van der Waals surface area contributed by atoms with Gasteiger partial charge in [-0.2, -0.15) is 0 Å². The smallest absolute Gasteiger partial charge is 0.338 e. The molecular formula is C8H8ClN3O3. The lowest BCUT2D eigenvalue weighted by molar-refractivity contribution is 0.0600. The van der Waals surface area contributed by atoms with Crippen molar-refractivity contribution in [3.63, 3.8) is 0 Å². The zero-order valence-corrected chi connectivity index (χ0v) is 8.52. The molecule has 15 heavy (non-hydrogen) atoms. The Labute approximate surface area is 90.5 Å². The molecule has 1 aromatic rings. The van der Waals surface area contributed by atoms with Gasteiger partial charge in [0.05, 0.1) is 12.7 Å². The number of aromatic nitrogens is 1. The van der Waals surface area contributed by atoms with Crippen molar-refractivity contribution in [3.05, 3.63) is 22.8 Å². The lowest BCUT2D eigenvalue weighted by Crippen LogP contribution is -2.03. The molecule has 1 aromatic heterocycles. The summed E-state index contributed by atoms with van der Waals surface area (Å²) in [6.45, 7) is 0. The second-order valence-electron chi connectivity index (χ2n) is 2.42. The van der Waals surface area contributed by atoms with Crippen molar-refractivity contribution in [2.24, 2.45) is 4.99 Å². The first kappa shape index (κ1) is 11.4. The van der Waals surface area contributed by atoms with Crippen LogP contribution in [-0.2, 0) is 4.74 Å². The monoisotopic (exact) mass is 229 g/mol. The van der Waals surface area contributed by atoms with Gasteiger partial charge in [0.15, 0.2) is 5.82 Å². The van der Waals surface area contributed by atoms with Crippen molar-refractivity contribution in [1.82, 2.24) is 10.5 Å². The number of esters is 1. The van der Waals surface area contributed by atoms with Crippen LogP contribution >= 0.6 is 11.6 Å². The van der Waals surface area contributed by atoms with Crippen molar-refractivity contribution < 1.29 is 14.7 Å². The van der Waals surface area contributed by atoms with E-state index >= 15 is 0 Å². The van der Waals surface area contributed by atoms with Crippen LogP contribution in [0, 0.1) is 0 Å². The van der Waals surface area contributed by atoms with Crippen LogP contribution < -0.4 is 5.48 Å². The lowest BCUT2D eigenvalue weighted by atomic mass is 10.2. The van der Waals surface area contributed by atoms with Gasteiger partial charge >= 0.3 is 5.97 Å². The van der Waals surface area contributed by atoms with Gasteiger partial charge in [-0.25, -0.2) is 14.8 Å². The quantitative estimate of drug-likeness (QED) is 0.267. The molecule has 0 bridgehead atoms. The van der Waals surface area contributed by atoms with E-state index in [4.69, 9.17) is 16.8 Å². The Kier molecular flexibility index (Phi) is 4.02. The number of aliphatic imine (C=N–C) groups is 1. The highest BCUT2D eigenvalue weighted by atomic mass is 35.5. The topological polar surface area (TPSA) is 83.8 Å². The number of carbonyl (C=O) groups is 1. The molecule has 0 spiro atoms. The number of carbonyl (C=O) groups excluding carboxylic acids is 1. The second-order valence-corrected chi connectivity index (χ2v) is 2.80.